The molecule has 158 valence electrons. The van der Waals surface area contributed by atoms with Crippen molar-refractivity contribution in [2.75, 3.05) is 5.75 Å². The van der Waals surface area contributed by atoms with Crippen LogP contribution in [0.3, 0.4) is 0 Å². The molecule has 31 heavy (non-hydrogen) atoms. The Hall–Kier alpha value is -2.84. The van der Waals surface area contributed by atoms with Crippen molar-refractivity contribution < 1.29 is 18.8 Å². The van der Waals surface area contributed by atoms with E-state index in [0.29, 0.717) is 29.4 Å². The van der Waals surface area contributed by atoms with Crippen LogP contribution < -0.4 is 0 Å². The minimum atomic E-state index is -0.640. The number of halogens is 1. The van der Waals surface area contributed by atoms with Gasteiger partial charge in [-0.1, -0.05) is 47.1 Å². The number of esters is 1. The molecule has 2 aliphatic rings. The number of rotatable bonds is 5. The van der Waals surface area contributed by atoms with E-state index in [1.165, 1.54) is 0 Å². The van der Waals surface area contributed by atoms with Gasteiger partial charge in [0.15, 0.2) is 6.61 Å². The smallest absolute Gasteiger partial charge is 0.330 e. The highest BCUT2D eigenvalue weighted by Gasteiger charge is 2.57. The lowest BCUT2D eigenvalue weighted by atomic mass is 10.0. The van der Waals surface area contributed by atoms with Crippen LogP contribution in [0.1, 0.15) is 24.3 Å². The number of hydrogen-bond acceptors (Lipinski definition) is 7. The molecule has 3 heterocycles. The maximum atomic E-state index is 12.9. The van der Waals surface area contributed by atoms with Gasteiger partial charge in [-0.2, -0.15) is 4.98 Å². The lowest BCUT2D eigenvalue weighted by Gasteiger charge is -2.33. The lowest BCUT2D eigenvalue weighted by Crippen LogP contribution is -2.46. The van der Waals surface area contributed by atoms with E-state index >= 15 is 0 Å². The fraction of sp³-hybridized carbons (Fsp3) is 0.273. The number of thioether (sulfide) groups is 1. The molecule has 2 saturated heterocycles. The monoisotopic (exact) mass is 455 g/mol. The van der Waals surface area contributed by atoms with Gasteiger partial charge >= 0.3 is 5.97 Å². The maximum Gasteiger partial charge on any atom is 0.330 e. The SMILES string of the molecule is O=C(OCc1nc(-c2ccc(Cl)cc2)no1)C1CSC2(c3ccccc3)CCC(=O)N12. The van der Waals surface area contributed by atoms with Crippen LogP contribution in [-0.2, 0) is 25.8 Å². The molecule has 2 aliphatic heterocycles. The summed E-state index contributed by atoms with van der Waals surface area (Å²) < 4.78 is 10.7. The van der Waals surface area contributed by atoms with Crippen molar-refractivity contribution in [3.8, 4) is 11.4 Å². The zero-order chi connectivity index (χ0) is 21.4. The van der Waals surface area contributed by atoms with Gasteiger partial charge in [0.25, 0.3) is 5.89 Å². The maximum absolute atomic E-state index is 12.9. The fourth-order valence-electron chi connectivity index (χ4n) is 4.07. The average Bonchev–Trinajstić information content (AvgIpc) is 3.50. The quantitative estimate of drug-likeness (QED) is 0.537. The second-order valence-electron chi connectivity index (χ2n) is 7.37. The van der Waals surface area contributed by atoms with Crippen LogP contribution in [0.25, 0.3) is 11.4 Å². The number of benzene rings is 2. The summed E-state index contributed by atoms with van der Waals surface area (Å²) in [5.41, 5.74) is 1.78. The minimum absolute atomic E-state index is 0.0291. The first-order chi connectivity index (χ1) is 15.1. The van der Waals surface area contributed by atoms with E-state index < -0.39 is 16.9 Å². The molecule has 0 saturated carbocycles. The number of nitrogens with zero attached hydrogens (tertiary/aromatic N) is 3. The van der Waals surface area contributed by atoms with E-state index in [4.69, 9.17) is 20.9 Å². The Morgan fingerprint density at radius 3 is 2.77 bits per heavy atom. The minimum Gasteiger partial charge on any atom is -0.454 e. The van der Waals surface area contributed by atoms with Gasteiger partial charge in [0, 0.05) is 22.8 Å². The molecule has 2 fully saturated rings. The summed E-state index contributed by atoms with van der Waals surface area (Å²) in [4.78, 5) is 31.0. The molecule has 2 aromatic carbocycles. The highest BCUT2D eigenvalue weighted by molar-refractivity contribution is 8.00. The van der Waals surface area contributed by atoms with Crippen LogP contribution in [0.2, 0.25) is 5.02 Å². The van der Waals surface area contributed by atoms with Gasteiger partial charge in [0.05, 0.1) is 0 Å². The van der Waals surface area contributed by atoms with Crippen LogP contribution >= 0.6 is 23.4 Å². The molecular formula is C22H18ClN3O4S. The van der Waals surface area contributed by atoms with Gasteiger partial charge in [0.2, 0.25) is 11.7 Å². The summed E-state index contributed by atoms with van der Waals surface area (Å²) in [6, 6.07) is 16.2. The van der Waals surface area contributed by atoms with Crippen molar-refractivity contribution in [2.24, 2.45) is 0 Å². The zero-order valence-electron chi connectivity index (χ0n) is 16.4. The van der Waals surface area contributed by atoms with Crippen molar-refractivity contribution in [2.45, 2.75) is 30.4 Å². The second-order valence-corrected chi connectivity index (χ2v) is 9.10. The van der Waals surface area contributed by atoms with E-state index in [2.05, 4.69) is 10.1 Å². The Labute approximate surface area is 187 Å². The molecule has 5 rings (SSSR count). The van der Waals surface area contributed by atoms with Crippen LogP contribution in [0.15, 0.2) is 59.1 Å². The summed E-state index contributed by atoms with van der Waals surface area (Å²) in [5, 5.41) is 4.53. The highest BCUT2D eigenvalue weighted by atomic mass is 35.5. The van der Waals surface area contributed by atoms with E-state index in [1.807, 2.05) is 30.3 Å². The van der Waals surface area contributed by atoms with E-state index in [0.717, 1.165) is 11.1 Å². The summed E-state index contributed by atoms with van der Waals surface area (Å²) in [7, 11) is 0. The first-order valence-electron chi connectivity index (χ1n) is 9.84. The summed E-state index contributed by atoms with van der Waals surface area (Å²) >= 11 is 7.52. The Balaban J connectivity index is 1.28. The van der Waals surface area contributed by atoms with Crippen LogP contribution in [0.4, 0.5) is 0 Å². The Morgan fingerprint density at radius 2 is 2.00 bits per heavy atom. The van der Waals surface area contributed by atoms with Gasteiger partial charge in [-0.3, -0.25) is 4.79 Å². The Kier molecular flexibility index (Phi) is 5.19. The number of fused-ring (bicyclic) bond motifs is 1. The number of carbonyl (C=O) groups is 2. The van der Waals surface area contributed by atoms with Crippen molar-refractivity contribution in [3.63, 3.8) is 0 Å². The predicted octanol–water partition coefficient (Wildman–Crippen LogP) is 4.02. The number of carbonyl (C=O) groups excluding carboxylic acids is 2. The highest BCUT2D eigenvalue weighted by Crippen LogP contribution is 2.54. The van der Waals surface area contributed by atoms with Crippen molar-refractivity contribution in [1.29, 1.82) is 0 Å². The van der Waals surface area contributed by atoms with Crippen molar-refractivity contribution in [1.82, 2.24) is 15.0 Å². The molecule has 0 radical (unpaired) electrons. The lowest BCUT2D eigenvalue weighted by molar-refractivity contribution is -0.155. The van der Waals surface area contributed by atoms with Crippen LogP contribution in [0, 0.1) is 0 Å². The summed E-state index contributed by atoms with van der Waals surface area (Å²) in [6.07, 6.45) is 1.10. The number of hydrogen-bond donors (Lipinski definition) is 0. The molecule has 1 aromatic heterocycles. The summed E-state index contributed by atoms with van der Waals surface area (Å²) in [6.45, 7) is -0.152. The topological polar surface area (TPSA) is 85.5 Å². The first-order valence-corrected chi connectivity index (χ1v) is 11.2. The van der Waals surface area contributed by atoms with Gasteiger partial charge < -0.3 is 14.2 Å². The van der Waals surface area contributed by atoms with E-state index in [1.54, 1.807) is 40.9 Å². The average molecular weight is 456 g/mol. The third-order valence-electron chi connectivity index (χ3n) is 5.53. The molecule has 0 N–H and O–H groups in total. The molecule has 0 bridgehead atoms. The largest absolute Gasteiger partial charge is 0.454 e. The molecule has 1 amide bonds. The molecule has 2 unspecified atom stereocenters. The molecule has 0 aliphatic carbocycles. The van der Waals surface area contributed by atoms with Crippen molar-refractivity contribution in [3.05, 3.63) is 71.1 Å². The fourth-order valence-corrected chi connectivity index (χ4v) is 5.84. The van der Waals surface area contributed by atoms with Gasteiger partial charge in [0.1, 0.15) is 10.9 Å². The third kappa shape index (κ3) is 3.59. The van der Waals surface area contributed by atoms with E-state index in [-0.39, 0.29) is 18.4 Å². The van der Waals surface area contributed by atoms with Crippen molar-refractivity contribution >= 4 is 35.2 Å². The number of aromatic nitrogens is 2. The predicted molar refractivity (Wildman–Crippen MR) is 115 cm³/mol. The Morgan fingerprint density at radius 1 is 1.23 bits per heavy atom. The van der Waals surface area contributed by atoms with Crippen LogP contribution in [0.5, 0.6) is 0 Å². The molecule has 2 atom stereocenters. The normalized spacial score (nSPS) is 22.5. The van der Waals surface area contributed by atoms with Gasteiger partial charge in [-0.25, -0.2) is 4.79 Å². The molecule has 9 heteroatoms. The molecular weight excluding hydrogens is 438 g/mol. The Bertz CT molecular complexity index is 1120. The van der Waals surface area contributed by atoms with Crippen LogP contribution in [-0.4, -0.2) is 38.7 Å². The molecule has 3 aromatic rings. The number of amides is 1. The van der Waals surface area contributed by atoms with Gasteiger partial charge in [-0.15, -0.1) is 11.8 Å². The molecule has 7 nitrogen and oxygen atoms in total. The second kappa shape index (κ2) is 8.01. The summed E-state index contributed by atoms with van der Waals surface area (Å²) in [5.74, 6) is 0.563. The third-order valence-corrected chi connectivity index (χ3v) is 7.38. The van der Waals surface area contributed by atoms with E-state index in [9.17, 15) is 9.59 Å². The van der Waals surface area contributed by atoms with Gasteiger partial charge in [-0.05, 0) is 36.2 Å². The zero-order valence-corrected chi connectivity index (χ0v) is 17.9. The standard InChI is InChI=1S/C22H18ClN3O4S/c23-16-8-6-14(7-9-16)20-24-18(30-25-20)12-29-21(28)17-13-31-22(11-10-19(27)26(17)22)15-4-2-1-3-5-15/h1-9,17H,10-13H2. The first kappa shape index (κ1) is 20.1. The number of ether oxygens (including phenoxy) is 1. The molecule has 0 spiro atoms.